The van der Waals surface area contributed by atoms with E-state index in [1.807, 2.05) is 22.9 Å². The molecule has 0 aliphatic rings. The molecule has 0 fully saturated rings. The normalized spacial score (nSPS) is 10.8. The Balaban J connectivity index is 1.55. The number of fused-ring (bicyclic) bond motifs is 1. The van der Waals surface area contributed by atoms with Crippen molar-refractivity contribution in [3.8, 4) is 0 Å². The summed E-state index contributed by atoms with van der Waals surface area (Å²) < 4.78 is 3.13. The van der Waals surface area contributed by atoms with Gasteiger partial charge in [-0.25, -0.2) is 9.67 Å². The lowest BCUT2D eigenvalue weighted by atomic mass is 10.2. The molecule has 1 amide bonds. The van der Waals surface area contributed by atoms with Crippen molar-refractivity contribution in [3.63, 3.8) is 0 Å². The van der Waals surface area contributed by atoms with Crippen LogP contribution in [0.4, 0.5) is 0 Å². The fourth-order valence-corrected chi connectivity index (χ4v) is 2.34. The summed E-state index contributed by atoms with van der Waals surface area (Å²) in [7, 11) is 0. The summed E-state index contributed by atoms with van der Waals surface area (Å²) in [5, 5.41) is 8.18. The van der Waals surface area contributed by atoms with Crippen molar-refractivity contribution < 1.29 is 4.79 Å². The summed E-state index contributed by atoms with van der Waals surface area (Å²) in [4.78, 5) is 28.1. The quantitative estimate of drug-likeness (QED) is 0.683. The molecule has 3 aromatic rings. The van der Waals surface area contributed by atoms with Crippen LogP contribution >= 0.6 is 0 Å². The van der Waals surface area contributed by atoms with E-state index in [1.165, 1.54) is 4.68 Å². The summed E-state index contributed by atoms with van der Waals surface area (Å²) in [5.74, 6) is -0.222. The van der Waals surface area contributed by atoms with Gasteiger partial charge in [0, 0.05) is 30.9 Å². The lowest BCUT2D eigenvalue weighted by Crippen LogP contribution is -2.34. The van der Waals surface area contributed by atoms with Crippen molar-refractivity contribution in [3.05, 3.63) is 59.5 Å². The molecule has 0 unspecified atom stereocenters. The summed E-state index contributed by atoms with van der Waals surface area (Å²) >= 11 is 0. The number of aromatic nitrogens is 4. The first kappa shape index (κ1) is 15.0. The van der Waals surface area contributed by atoms with Gasteiger partial charge in [-0.05, 0) is 12.5 Å². The predicted octanol–water partition coefficient (Wildman–Crippen LogP) is 0.799. The van der Waals surface area contributed by atoms with Crippen molar-refractivity contribution in [2.45, 2.75) is 19.5 Å². The van der Waals surface area contributed by atoms with Crippen molar-refractivity contribution in [1.29, 1.82) is 0 Å². The van der Waals surface area contributed by atoms with Crippen molar-refractivity contribution in [2.75, 3.05) is 6.54 Å². The van der Waals surface area contributed by atoms with E-state index in [0.29, 0.717) is 11.9 Å². The molecule has 7 heteroatoms. The van der Waals surface area contributed by atoms with Gasteiger partial charge in [0.15, 0.2) is 0 Å². The number of carbonyl (C=O) groups is 1. The maximum atomic E-state index is 12.3. The molecule has 0 aliphatic heterocycles. The van der Waals surface area contributed by atoms with Gasteiger partial charge in [0.1, 0.15) is 6.54 Å². The van der Waals surface area contributed by atoms with Crippen LogP contribution in [-0.4, -0.2) is 31.8 Å². The van der Waals surface area contributed by atoms with Crippen molar-refractivity contribution in [2.24, 2.45) is 0 Å². The Morgan fingerprint density at radius 2 is 2.13 bits per heavy atom. The molecule has 3 rings (SSSR count). The average molecular weight is 311 g/mol. The number of carbonyl (C=O) groups excluding carboxylic acids is 1. The van der Waals surface area contributed by atoms with E-state index in [2.05, 4.69) is 15.4 Å². The fraction of sp³-hybridized carbons (Fsp3) is 0.250. The number of nitrogens with zero attached hydrogens (tertiary/aromatic N) is 4. The third kappa shape index (κ3) is 3.63. The van der Waals surface area contributed by atoms with Gasteiger partial charge in [0.2, 0.25) is 5.91 Å². The van der Waals surface area contributed by atoms with E-state index in [0.717, 1.165) is 18.4 Å². The zero-order valence-corrected chi connectivity index (χ0v) is 12.6. The molecule has 7 nitrogen and oxygen atoms in total. The predicted molar refractivity (Wildman–Crippen MR) is 85.9 cm³/mol. The summed E-state index contributed by atoms with van der Waals surface area (Å²) in [6.45, 7) is 1.25. The number of hydrogen-bond acceptors (Lipinski definition) is 4. The van der Waals surface area contributed by atoms with Crippen LogP contribution in [-0.2, 0) is 17.9 Å². The molecular formula is C16H17N5O2. The minimum absolute atomic E-state index is 0.0747. The van der Waals surface area contributed by atoms with Gasteiger partial charge in [-0.2, -0.15) is 5.10 Å². The number of aryl methyl sites for hydroxylation is 1. The molecule has 1 aromatic carbocycles. The SMILES string of the molecule is O=C(Cn1ncc2ccccc2c1=O)NCCCn1ccnc1. The number of rotatable bonds is 6. The highest BCUT2D eigenvalue weighted by molar-refractivity contribution is 5.81. The molecule has 0 saturated heterocycles. The number of benzene rings is 1. The van der Waals surface area contributed by atoms with Gasteiger partial charge in [0.05, 0.1) is 17.9 Å². The summed E-state index contributed by atoms with van der Waals surface area (Å²) in [6.07, 6.45) is 7.72. The van der Waals surface area contributed by atoms with Gasteiger partial charge in [-0.1, -0.05) is 18.2 Å². The Labute approximate surface area is 132 Å². The molecule has 2 heterocycles. The van der Waals surface area contributed by atoms with Crippen molar-refractivity contribution in [1.82, 2.24) is 24.6 Å². The Hall–Kier alpha value is -2.96. The molecule has 1 N–H and O–H groups in total. The van der Waals surface area contributed by atoms with Crippen molar-refractivity contribution >= 4 is 16.7 Å². The second-order valence-electron chi connectivity index (χ2n) is 5.20. The summed E-state index contributed by atoms with van der Waals surface area (Å²) in [5.41, 5.74) is -0.253. The molecule has 0 saturated carbocycles. The lowest BCUT2D eigenvalue weighted by molar-refractivity contribution is -0.121. The van der Waals surface area contributed by atoms with Gasteiger partial charge >= 0.3 is 0 Å². The van der Waals surface area contributed by atoms with E-state index < -0.39 is 0 Å². The topological polar surface area (TPSA) is 81.8 Å². The Bertz CT molecular complexity index is 854. The third-order valence-corrected chi connectivity index (χ3v) is 3.53. The second-order valence-corrected chi connectivity index (χ2v) is 5.20. The van der Waals surface area contributed by atoms with Crippen LogP contribution in [0.15, 0.2) is 54.0 Å². The highest BCUT2D eigenvalue weighted by Gasteiger charge is 2.07. The number of imidazole rings is 1. The van der Waals surface area contributed by atoms with E-state index in [9.17, 15) is 9.59 Å². The summed E-state index contributed by atoms with van der Waals surface area (Å²) in [6, 6.07) is 7.20. The number of nitrogens with one attached hydrogen (secondary N) is 1. The smallest absolute Gasteiger partial charge is 0.275 e. The first-order valence-electron chi connectivity index (χ1n) is 7.41. The van der Waals surface area contributed by atoms with E-state index in [4.69, 9.17) is 0 Å². The van der Waals surface area contributed by atoms with Gasteiger partial charge in [0.25, 0.3) is 5.56 Å². The van der Waals surface area contributed by atoms with E-state index in [1.54, 1.807) is 30.9 Å². The standard InChI is InChI=1S/C16H17N5O2/c22-15(18-6-3-8-20-9-7-17-12-20)11-21-16(23)14-5-2-1-4-13(14)10-19-21/h1-2,4-5,7,9-10,12H,3,6,8,11H2,(H,18,22). The van der Waals surface area contributed by atoms with E-state index in [-0.39, 0.29) is 18.0 Å². The maximum absolute atomic E-state index is 12.3. The molecule has 0 atom stereocenters. The number of hydrogen-bond donors (Lipinski definition) is 1. The van der Waals surface area contributed by atoms with Crippen LogP contribution in [0.25, 0.3) is 10.8 Å². The minimum Gasteiger partial charge on any atom is -0.354 e. The molecule has 2 aromatic heterocycles. The zero-order valence-electron chi connectivity index (χ0n) is 12.6. The van der Waals surface area contributed by atoms with Crippen LogP contribution in [0, 0.1) is 0 Å². The van der Waals surface area contributed by atoms with Crippen LogP contribution in [0.1, 0.15) is 6.42 Å². The highest BCUT2D eigenvalue weighted by Crippen LogP contribution is 2.06. The monoisotopic (exact) mass is 311 g/mol. The first-order chi connectivity index (χ1) is 11.2. The van der Waals surface area contributed by atoms with Gasteiger partial charge in [-0.15, -0.1) is 0 Å². The van der Waals surface area contributed by atoms with Crippen LogP contribution in [0.3, 0.4) is 0 Å². The molecular weight excluding hydrogens is 294 g/mol. The Morgan fingerprint density at radius 1 is 1.26 bits per heavy atom. The zero-order chi connectivity index (χ0) is 16.1. The molecule has 0 spiro atoms. The molecule has 23 heavy (non-hydrogen) atoms. The minimum atomic E-state index is -0.253. The molecule has 0 radical (unpaired) electrons. The van der Waals surface area contributed by atoms with Gasteiger partial charge < -0.3 is 9.88 Å². The molecule has 0 bridgehead atoms. The largest absolute Gasteiger partial charge is 0.354 e. The average Bonchev–Trinajstić information content (AvgIpc) is 3.08. The second kappa shape index (κ2) is 6.87. The molecule has 0 aliphatic carbocycles. The highest BCUT2D eigenvalue weighted by atomic mass is 16.2. The Morgan fingerprint density at radius 3 is 2.96 bits per heavy atom. The fourth-order valence-electron chi connectivity index (χ4n) is 2.34. The van der Waals surface area contributed by atoms with Gasteiger partial charge in [-0.3, -0.25) is 9.59 Å². The lowest BCUT2D eigenvalue weighted by Gasteiger charge is -2.07. The third-order valence-electron chi connectivity index (χ3n) is 3.53. The van der Waals surface area contributed by atoms with Crippen LogP contribution in [0.5, 0.6) is 0 Å². The van der Waals surface area contributed by atoms with Crippen LogP contribution in [0.2, 0.25) is 0 Å². The maximum Gasteiger partial charge on any atom is 0.275 e. The molecule has 118 valence electrons. The van der Waals surface area contributed by atoms with Crippen LogP contribution < -0.4 is 10.9 Å². The number of amides is 1. The first-order valence-corrected chi connectivity index (χ1v) is 7.41. The van der Waals surface area contributed by atoms with E-state index >= 15 is 0 Å². The Kier molecular flexibility index (Phi) is 4.46.